The molecule has 0 aliphatic carbocycles. The van der Waals surface area contributed by atoms with Gasteiger partial charge in [0.2, 0.25) is 0 Å². The lowest BCUT2D eigenvalue weighted by Crippen LogP contribution is -2.15. The molecule has 1 aromatic carbocycles. The lowest BCUT2D eigenvalue weighted by atomic mass is 10.2. The largest absolute Gasteiger partial charge is 0.484 e. The summed E-state index contributed by atoms with van der Waals surface area (Å²) in [5.41, 5.74) is 1.67. The first-order chi connectivity index (χ1) is 9.70. The van der Waals surface area contributed by atoms with Crippen molar-refractivity contribution in [3.05, 3.63) is 45.7 Å². The molecule has 0 aliphatic heterocycles. The fourth-order valence-electron chi connectivity index (χ4n) is 1.87. The predicted molar refractivity (Wildman–Crippen MR) is 79.6 cm³/mol. The molecule has 0 saturated carbocycles. The number of nitrogens with one attached hydrogen (secondary N) is 1. The summed E-state index contributed by atoms with van der Waals surface area (Å²) in [7, 11) is 0. The normalized spacial score (nSPS) is 10.8. The van der Waals surface area contributed by atoms with E-state index in [9.17, 15) is 4.39 Å². The number of hydrogen-bond donors (Lipinski definition) is 1. The SMILES string of the molecule is CCCNCc1cccc(F)c1OCc1csc(C)n1. The summed E-state index contributed by atoms with van der Waals surface area (Å²) in [6.45, 7) is 5.85. The van der Waals surface area contributed by atoms with Gasteiger partial charge in [-0.15, -0.1) is 11.3 Å². The average molecular weight is 294 g/mol. The molecule has 0 bridgehead atoms. The molecule has 0 aliphatic rings. The highest BCUT2D eigenvalue weighted by atomic mass is 32.1. The molecular weight excluding hydrogens is 275 g/mol. The topological polar surface area (TPSA) is 34.1 Å². The van der Waals surface area contributed by atoms with E-state index in [1.54, 1.807) is 17.4 Å². The van der Waals surface area contributed by atoms with Gasteiger partial charge in [-0.1, -0.05) is 19.1 Å². The van der Waals surface area contributed by atoms with Crippen LogP contribution in [0.15, 0.2) is 23.6 Å². The Kier molecular flexibility index (Phi) is 5.49. The molecule has 0 unspecified atom stereocenters. The van der Waals surface area contributed by atoms with Gasteiger partial charge in [0.1, 0.15) is 6.61 Å². The summed E-state index contributed by atoms with van der Waals surface area (Å²) in [5.74, 6) is -0.00509. The number of ether oxygens (including phenoxy) is 1. The fraction of sp³-hybridized carbons (Fsp3) is 0.400. The molecular formula is C15H19FN2OS. The second-order valence-electron chi connectivity index (χ2n) is 4.55. The Labute approximate surface area is 122 Å². The minimum Gasteiger partial charge on any atom is -0.484 e. The number of nitrogens with zero attached hydrogens (tertiary/aromatic N) is 1. The van der Waals surface area contributed by atoms with E-state index in [0.29, 0.717) is 18.9 Å². The van der Waals surface area contributed by atoms with Gasteiger partial charge in [-0.3, -0.25) is 0 Å². The Morgan fingerprint density at radius 1 is 1.40 bits per heavy atom. The third-order valence-corrected chi connectivity index (χ3v) is 3.64. The number of benzene rings is 1. The van der Waals surface area contributed by atoms with Crippen molar-refractivity contribution < 1.29 is 9.13 Å². The first-order valence-electron chi connectivity index (χ1n) is 6.72. The quantitative estimate of drug-likeness (QED) is 0.791. The van der Waals surface area contributed by atoms with Gasteiger partial charge in [-0.2, -0.15) is 0 Å². The second kappa shape index (κ2) is 7.36. The van der Waals surface area contributed by atoms with Crippen LogP contribution in [0.1, 0.15) is 29.6 Å². The first-order valence-corrected chi connectivity index (χ1v) is 7.60. The molecule has 1 heterocycles. The van der Waals surface area contributed by atoms with Crippen LogP contribution in [0.5, 0.6) is 5.75 Å². The summed E-state index contributed by atoms with van der Waals surface area (Å²) < 4.78 is 19.5. The highest BCUT2D eigenvalue weighted by Gasteiger charge is 2.10. The van der Waals surface area contributed by atoms with Gasteiger partial charge in [0, 0.05) is 17.5 Å². The van der Waals surface area contributed by atoms with E-state index < -0.39 is 0 Å². The van der Waals surface area contributed by atoms with Gasteiger partial charge < -0.3 is 10.1 Å². The van der Waals surface area contributed by atoms with Gasteiger partial charge in [-0.05, 0) is 26.0 Å². The minimum atomic E-state index is -0.326. The number of aryl methyl sites for hydroxylation is 1. The standard InChI is InChI=1S/C15H19FN2OS/c1-3-7-17-8-12-5-4-6-14(16)15(12)19-9-13-10-20-11(2)18-13/h4-6,10,17H,3,7-9H2,1-2H3. The second-order valence-corrected chi connectivity index (χ2v) is 5.61. The highest BCUT2D eigenvalue weighted by Crippen LogP contribution is 2.24. The van der Waals surface area contributed by atoms with E-state index in [1.807, 2.05) is 18.4 Å². The summed E-state index contributed by atoms with van der Waals surface area (Å²) in [6, 6.07) is 5.01. The van der Waals surface area contributed by atoms with Crippen molar-refractivity contribution in [3.8, 4) is 5.75 Å². The number of thiazole rings is 1. The lowest BCUT2D eigenvalue weighted by molar-refractivity contribution is 0.282. The number of halogens is 1. The first kappa shape index (κ1) is 14.9. The molecule has 108 valence electrons. The van der Waals surface area contributed by atoms with E-state index in [0.717, 1.165) is 29.2 Å². The van der Waals surface area contributed by atoms with Gasteiger partial charge >= 0.3 is 0 Å². The molecule has 1 aromatic heterocycles. The summed E-state index contributed by atoms with van der Waals surface area (Å²) in [6.07, 6.45) is 1.05. The molecule has 0 fully saturated rings. The Morgan fingerprint density at radius 3 is 2.95 bits per heavy atom. The highest BCUT2D eigenvalue weighted by molar-refractivity contribution is 7.09. The van der Waals surface area contributed by atoms with Crippen molar-refractivity contribution in [3.63, 3.8) is 0 Å². The average Bonchev–Trinajstić information content (AvgIpc) is 2.84. The Morgan fingerprint density at radius 2 is 2.25 bits per heavy atom. The van der Waals surface area contributed by atoms with Crippen LogP contribution in [0, 0.1) is 12.7 Å². The molecule has 2 rings (SSSR count). The summed E-state index contributed by atoms with van der Waals surface area (Å²) in [5, 5.41) is 6.18. The summed E-state index contributed by atoms with van der Waals surface area (Å²) in [4.78, 5) is 4.32. The van der Waals surface area contributed by atoms with Crippen molar-refractivity contribution in [2.75, 3.05) is 6.54 Å². The van der Waals surface area contributed by atoms with Gasteiger partial charge in [-0.25, -0.2) is 9.37 Å². The Bertz CT molecular complexity index is 557. The van der Waals surface area contributed by atoms with Crippen LogP contribution in [0.4, 0.5) is 4.39 Å². The molecule has 0 spiro atoms. The van der Waals surface area contributed by atoms with Crippen LogP contribution in [0.3, 0.4) is 0 Å². The molecule has 2 aromatic rings. The van der Waals surface area contributed by atoms with Crippen LogP contribution in [0.2, 0.25) is 0 Å². The number of aromatic nitrogens is 1. The molecule has 3 nitrogen and oxygen atoms in total. The van der Waals surface area contributed by atoms with Crippen molar-refractivity contribution in [1.29, 1.82) is 0 Å². The van der Waals surface area contributed by atoms with Crippen molar-refractivity contribution in [1.82, 2.24) is 10.3 Å². The van der Waals surface area contributed by atoms with E-state index in [1.165, 1.54) is 6.07 Å². The van der Waals surface area contributed by atoms with Crippen LogP contribution < -0.4 is 10.1 Å². The van der Waals surface area contributed by atoms with Crippen LogP contribution in [-0.2, 0) is 13.2 Å². The third-order valence-electron chi connectivity index (χ3n) is 2.82. The Hall–Kier alpha value is -1.46. The van der Waals surface area contributed by atoms with E-state index >= 15 is 0 Å². The van der Waals surface area contributed by atoms with Crippen LogP contribution >= 0.6 is 11.3 Å². The molecule has 1 N–H and O–H groups in total. The zero-order valence-corrected chi connectivity index (χ0v) is 12.6. The van der Waals surface area contributed by atoms with Crippen molar-refractivity contribution >= 4 is 11.3 Å². The fourth-order valence-corrected chi connectivity index (χ4v) is 2.47. The zero-order valence-electron chi connectivity index (χ0n) is 11.8. The maximum Gasteiger partial charge on any atom is 0.165 e. The monoisotopic (exact) mass is 294 g/mol. The zero-order chi connectivity index (χ0) is 14.4. The Balaban J connectivity index is 2.04. The third kappa shape index (κ3) is 4.02. The van der Waals surface area contributed by atoms with E-state index in [-0.39, 0.29) is 5.82 Å². The maximum atomic E-state index is 13.9. The molecule has 5 heteroatoms. The van der Waals surface area contributed by atoms with Crippen molar-refractivity contribution in [2.24, 2.45) is 0 Å². The lowest BCUT2D eigenvalue weighted by Gasteiger charge is -2.12. The molecule has 0 saturated heterocycles. The van der Waals surface area contributed by atoms with Gasteiger partial charge in [0.05, 0.1) is 10.7 Å². The number of rotatable bonds is 7. The van der Waals surface area contributed by atoms with E-state index in [2.05, 4.69) is 17.2 Å². The molecule has 0 radical (unpaired) electrons. The molecule has 0 amide bonds. The van der Waals surface area contributed by atoms with Crippen molar-refractivity contribution in [2.45, 2.75) is 33.4 Å². The number of para-hydroxylation sites is 1. The summed E-state index contributed by atoms with van der Waals surface area (Å²) >= 11 is 1.57. The van der Waals surface area contributed by atoms with E-state index in [4.69, 9.17) is 4.74 Å². The van der Waals surface area contributed by atoms with Gasteiger partial charge in [0.25, 0.3) is 0 Å². The molecule has 20 heavy (non-hydrogen) atoms. The van der Waals surface area contributed by atoms with Gasteiger partial charge in [0.15, 0.2) is 11.6 Å². The van der Waals surface area contributed by atoms with Crippen LogP contribution in [0.25, 0.3) is 0 Å². The minimum absolute atomic E-state index is 0.298. The maximum absolute atomic E-state index is 13.9. The predicted octanol–water partition coefficient (Wildman–Crippen LogP) is 3.67. The van der Waals surface area contributed by atoms with Crippen LogP contribution in [-0.4, -0.2) is 11.5 Å². The number of hydrogen-bond acceptors (Lipinski definition) is 4. The smallest absolute Gasteiger partial charge is 0.165 e. The molecule has 0 atom stereocenters.